The maximum atomic E-state index is 15.0. The van der Waals surface area contributed by atoms with E-state index in [-0.39, 0.29) is 30.8 Å². The summed E-state index contributed by atoms with van der Waals surface area (Å²) in [5.74, 6) is 0.674. The lowest BCUT2D eigenvalue weighted by Gasteiger charge is -2.33. The monoisotopic (exact) mass is 832 g/mol. The number of likely N-dealkylation sites (N-methyl/N-ethyl adjacent to an activating group) is 1. The van der Waals surface area contributed by atoms with Crippen LogP contribution in [0.5, 0.6) is 11.5 Å². The van der Waals surface area contributed by atoms with Gasteiger partial charge < -0.3 is 14.4 Å². The highest BCUT2D eigenvalue weighted by Gasteiger charge is 2.44. The zero-order valence-electron chi connectivity index (χ0n) is 36.4. The van der Waals surface area contributed by atoms with Crippen molar-refractivity contribution in [2.45, 2.75) is 65.2 Å². The number of hydrogen-bond acceptors (Lipinski definition) is 6. The Balaban J connectivity index is 0.980. The van der Waals surface area contributed by atoms with Crippen molar-refractivity contribution in [1.29, 1.82) is 0 Å². The van der Waals surface area contributed by atoms with E-state index in [9.17, 15) is 14.4 Å². The van der Waals surface area contributed by atoms with Crippen LogP contribution in [-0.4, -0.2) is 68.2 Å². The van der Waals surface area contributed by atoms with E-state index < -0.39 is 0 Å². The molecule has 0 atom stereocenters. The van der Waals surface area contributed by atoms with E-state index in [2.05, 4.69) is 74.5 Å². The smallest absolute Gasteiger partial charge is 0.261 e. The highest BCUT2D eigenvalue weighted by atomic mass is 16.5. The largest absolute Gasteiger partial charge is 0.497 e. The molecule has 314 valence electrons. The van der Waals surface area contributed by atoms with Crippen molar-refractivity contribution in [3.63, 3.8) is 0 Å². The second kappa shape index (κ2) is 14.7. The SMILES string of the molecule is COc1ccc2c(c1)CCc1c(C=O)c(C(=O)N(C)CCN3C(=O)c4c5c(c6c(c4C3=O)CCc3cc(C)ccc3-6)-c3ccc(C)cc3CC5)c3c(c1-2)-c1ccc(OC)cc1CC3. The fraction of sp³-hybridized carbons (Fsp3) is 0.273. The van der Waals surface area contributed by atoms with Crippen LogP contribution in [0.2, 0.25) is 0 Å². The van der Waals surface area contributed by atoms with E-state index in [4.69, 9.17) is 9.47 Å². The third kappa shape index (κ3) is 5.79. The van der Waals surface area contributed by atoms with E-state index >= 15 is 4.79 Å². The fourth-order valence-electron chi connectivity index (χ4n) is 11.6. The maximum absolute atomic E-state index is 15.0. The van der Waals surface area contributed by atoms with E-state index in [1.807, 2.05) is 12.1 Å². The number of carbonyl (C=O) groups is 4. The van der Waals surface area contributed by atoms with Crippen LogP contribution in [0, 0.1) is 13.8 Å². The lowest BCUT2D eigenvalue weighted by Crippen LogP contribution is -2.40. The summed E-state index contributed by atoms with van der Waals surface area (Å²) < 4.78 is 11.2. The zero-order valence-corrected chi connectivity index (χ0v) is 36.4. The van der Waals surface area contributed by atoms with E-state index in [1.165, 1.54) is 27.2 Å². The number of aryl methyl sites for hydroxylation is 6. The molecular weight excluding hydrogens is 785 g/mol. The van der Waals surface area contributed by atoms with Gasteiger partial charge in [-0.15, -0.1) is 0 Å². The van der Waals surface area contributed by atoms with Crippen LogP contribution >= 0.6 is 0 Å². The first-order chi connectivity index (χ1) is 30.6. The number of methoxy groups -OCH3 is 2. The first kappa shape index (κ1) is 39.1. The molecule has 1 aliphatic heterocycles. The van der Waals surface area contributed by atoms with Crippen molar-refractivity contribution in [1.82, 2.24) is 9.80 Å². The third-order valence-corrected chi connectivity index (χ3v) is 14.5. The van der Waals surface area contributed by atoms with Crippen LogP contribution in [0.25, 0.3) is 44.5 Å². The van der Waals surface area contributed by atoms with Crippen LogP contribution < -0.4 is 9.47 Å². The molecule has 4 aliphatic carbocycles. The van der Waals surface area contributed by atoms with Gasteiger partial charge in [-0.25, -0.2) is 0 Å². The number of amides is 3. The predicted molar refractivity (Wildman–Crippen MR) is 245 cm³/mol. The second-order valence-corrected chi connectivity index (χ2v) is 17.9. The van der Waals surface area contributed by atoms with Crippen LogP contribution in [0.4, 0.5) is 0 Å². The van der Waals surface area contributed by atoms with Crippen LogP contribution in [0.15, 0.2) is 72.8 Å². The molecule has 6 aromatic rings. The summed E-state index contributed by atoms with van der Waals surface area (Å²) in [5.41, 5.74) is 21.2. The quantitative estimate of drug-likeness (QED) is 0.118. The van der Waals surface area contributed by atoms with Gasteiger partial charge >= 0.3 is 0 Å². The lowest BCUT2D eigenvalue weighted by atomic mass is 9.71. The Morgan fingerprint density at radius 2 is 0.984 bits per heavy atom. The summed E-state index contributed by atoms with van der Waals surface area (Å²) in [7, 11) is 5.04. The minimum absolute atomic E-state index is 0.0328. The molecule has 0 saturated carbocycles. The van der Waals surface area contributed by atoms with Gasteiger partial charge in [-0.05, 0) is 178 Å². The Morgan fingerprint density at radius 3 is 1.46 bits per heavy atom. The van der Waals surface area contributed by atoms with Gasteiger partial charge in [-0.3, -0.25) is 24.1 Å². The summed E-state index contributed by atoms with van der Waals surface area (Å²) >= 11 is 0. The van der Waals surface area contributed by atoms with Gasteiger partial charge in [0.25, 0.3) is 17.7 Å². The molecule has 63 heavy (non-hydrogen) atoms. The molecule has 0 spiro atoms. The second-order valence-electron chi connectivity index (χ2n) is 17.9. The number of fused-ring (bicyclic) bond motifs is 17. The Kier molecular flexibility index (Phi) is 9.09. The van der Waals surface area contributed by atoms with Gasteiger partial charge in [-0.2, -0.15) is 0 Å². The van der Waals surface area contributed by atoms with E-state index in [0.717, 1.165) is 109 Å². The highest BCUT2D eigenvalue weighted by molar-refractivity contribution is 6.25. The maximum Gasteiger partial charge on any atom is 0.261 e. The molecule has 0 saturated heterocycles. The van der Waals surface area contributed by atoms with E-state index in [1.54, 1.807) is 26.2 Å². The molecular formula is C55H48N2O6. The standard InChI is InChI=1S/C55H48N2O6/c1-29-6-14-37-31(24-29)9-18-43-48(37)49-38-15-7-30(2)25-32(38)10-19-44(49)52-51(43)54(60)57(55(52)61)23-22-56(3)53(59)50-42-17-11-34-27-36(63-5)13-21-40(34)47(42)46-39-20-12-35(62-4)26-33(39)8-16-41(46)45(50)28-58/h6-7,12-15,20-21,24-28H,8-11,16-19,22-23H2,1-5H3. The Hall–Kier alpha value is -6.80. The normalized spacial score (nSPS) is 14.8. The molecule has 11 rings (SSSR count). The summed E-state index contributed by atoms with van der Waals surface area (Å²) in [4.78, 5) is 60.9. The average Bonchev–Trinajstić information content (AvgIpc) is 3.56. The molecule has 0 fully saturated rings. The predicted octanol–water partition coefficient (Wildman–Crippen LogP) is 9.56. The topological polar surface area (TPSA) is 93.2 Å². The number of ether oxygens (including phenoxy) is 2. The minimum Gasteiger partial charge on any atom is -0.497 e. The van der Waals surface area contributed by atoms with Crippen molar-refractivity contribution >= 4 is 24.0 Å². The van der Waals surface area contributed by atoms with Crippen molar-refractivity contribution in [3.05, 3.63) is 151 Å². The number of imide groups is 1. The van der Waals surface area contributed by atoms with Gasteiger partial charge in [0.15, 0.2) is 6.29 Å². The van der Waals surface area contributed by atoms with Gasteiger partial charge in [0.05, 0.1) is 30.9 Å². The fourth-order valence-corrected chi connectivity index (χ4v) is 11.6. The molecule has 3 amide bonds. The molecule has 6 aromatic carbocycles. The van der Waals surface area contributed by atoms with Crippen LogP contribution in [0.1, 0.15) is 97.1 Å². The van der Waals surface area contributed by atoms with Crippen molar-refractivity contribution in [2.24, 2.45) is 0 Å². The Morgan fingerprint density at radius 1 is 0.571 bits per heavy atom. The number of carbonyl (C=O) groups excluding carboxylic acids is 4. The summed E-state index contributed by atoms with van der Waals surface area (Å²) in [6.45, 7) is 4.37. The van der Waals surface area contributed by atoms with Crippen molar-refractivity contribution in [2.75, 3.05) is 34.4 Å². The van der Waals surface area contributed by atoms with Gasteiger partial charge in [-0.1, -0.05) is 59.7 Å². The Bertz CT molecular complexity index is 2970. The molecule has 0 bridgehead atoms. The summed E-state index contributed by atoms with van der Waals surface area (Å²) in [6.07, 6.45) is 6.28. The number of nitrogens with zero attached hydrogens (tertiary/aromatic N) is 2. The summed E-state index contributed by atoms with van der Waals surface area (Å²) in [6, 6.07) is 25.4. The van der Waals surface area contributed by atoms with Crippen molar-refractivity contribution < 1.29 is 28.7 Å². The number of rotatable bonds is 7. The average molecular weight is 833 g/mol. The van der Waals surface area contributed by atoms with Crippen LogP contribution in [0.3, 0.4) is 0 Å². The molecule has 0 N–H and O–H groups in total. The lowest BCUT2D eigenvalue weighted by molar-refractivity contribution is 0.0613. The van der Waals surface area contributed by atoms with E-state index in [0.29, 0.717) is 60.8 Å². The number of benzene rings is 6. The highest BCUT2D eigenvalue weighted by Crippen LogP contribution is 2.52. The molecule has 0 aromatic heterocycles. The first-order valence-corrected chi connectivity index (χ1v) is 22.1. The van der Waals surface area contributed by atoms with Gasteiger partial charge in [0, 0.05) is 25.7 Å². The number of hydrogen-bond donors (Lipinski definition) is 0. The summed E-state index contributed by atoms with van der Waals surface area (Å²) in [5, 5.41) is 0. The van der Waals surface area contributed by atoms with Crippen LogP contribution in [-0.2, 0) is 51.4 Å². The minimum atomic E-state index is -0.293. The molecule has 5 aliphatic rings. The molecule has 0 unspecified atom stereocenters. The van der Waals surface area contributed by atoms with Gasteiger partial charge in [0.1, 0.15) is 11.5 Å². The van der Waals surface area contributed by atoms with Gasteiger partial charge in [0.2, 0.25) is 0 Å². The first-order valence-electron chi connectivity index (χ1n) is 22.1. The number of aldehydes is 1. The van der Waals surface area contributed by atoms with Crippen molar-refractivity contribution in [3.8, 4) is 56.0 Å². The zero-order chi connectivity index (χ0) is 43.4. The molecule has 8 nitrogen and oxygen atoms in total. The molecule has 8 heteroatoms. The Labute approximate surface area is 367 Å². The molecule has 0 radical (unpaired) electrons. The molecule has 1 heterocycles. The third-order valence-electron chi connectivity index (χ3n) is 14.5.